The van der Waals surface area contributed by atoms with Gasteiger partial charge in [-0.15, -0.1) is 0 Å². The van der Waals surface area contributed by atoms with E-state index in [1.54, 1.807) is 36.0 Å². The van der Waals surface area contributed by atoms with E-state index in [4.69, 9.17) is 5.26 Å². The van der Waals surface area contributed by atoms with Crippen LogP contribution in [0.4, 0.5) is 8.78 Å². The number of rotatable bonds is 6. The fraction of sp³-hybridized carbons (Fsp3) is 0.348. The monoisotopic (exact) mass is 410 g/mol. The lowest BCUT2D eigenvalue weighted by molar-refractivity contribution is -0.144. The Morgan fingerprint density at radius 2 is 1.90 bits per heavy atom. The van der Waals surface area contributed by atoms with Crippen LogP contribution < -0.4 is 5.32 Å². The van der Waals surface area contributed by atoms with Crippen LogP contribution in [0.15, 0.2) is 48.7 Å². The summed E-state index contributed by atoms with van der Waals surface area (Å²) in [5, 5.41) is 16.9. The maximum Gasteiger partial charge on any atom is 0.321 e. The maximum atomic E-state index is 13.6. The highest BCUT2D eigenvalue weighted by atomic mass is 19.3. The van der Waals surface area contributed by atoms with Gasteiger partial charge in [0.15, 0.2) is 0 Å². The third-order valence-corrected chi connectivity index (χ3v) is 5.67. The zero-order chi connectivity index (χ0) is 22.1. The number of amides is 1. The Hall–Kier alpha value is -3.27. The average Bonchev–Trinajstić information content (AvgIpc) is 3.16. The molecule has 2 aromatic carbocycles. The highest BCUT2D eigenvalue weighted by Crippen LogP contribution is 2.33. The molecule has 1 heterocycles. The van der Waals surface area contributed by atoms with Gasteiger partial charge in [-0.25, -0.2) is 0 Å². The molecule has 0 spiro atoms. The number of alkyl halides is 2. The maximum absolute atomic E-state index is 13.6. The summed E-state index contributed by atoms with van der Waals surface area (Å²) in [6.45, 7) is 6.18. The molecular formula is C23H24F2N4O. The van der Waals surface area contributed by atoms with Crippen molar-refractivity contribution in [2.45, 2.75) is 51.6 Å². The van der Waals surface area contributed by atoms with Crippen molar-refractivity contribution in [3.05, 3.63) is 65.4 Å². The second-order valence-corrected chi connectivity index (χ2v) is 7.72. The largest absolute Gasteiger partial charge is 0.346 e. The van der Waals surface area contributed by atoms with Crippen molar-refractivity contribution < 1.29 is 13.6 Å². The van der Waals surface area contributed by atoms with Gasteiger partial charge in [0.25, 0.3) is 5.91 Å². The first-order valence-corrected chi connectivity index (χ1v) is 9.77. The molecule has 5 nitrogen and oxygen atoms in total. The third kappa shape index (κ3) is 3.78. The van der Waals surface area contributed by atoms with Crippen LogP contribution in [0.1, 0.15) is 44.4 Å². The van der Waals surface area contributed by atoms with Crippen molar-refractivity contribution in [3.63, 3.8) is 0 Å². The van der Waals surface area contributed by atoms with Gasteiger partial charge in [0.05, 0.1) is 29.4 Å². The van der Waals surface area contributed by atoms with E-state index < -0.39 is 23.4 Å². The summed E-state index contributed by atoms with van der Waals surface area (Å²) in [7, 11) is 0. The Labute approximate surface area is 174 Å². The SMILES string of the molecule is CCc1ccc([C@@](C)([C@H](C)NC(=O)C(C)(F)F)n2ncc3cc(C#N)ccc32)cc1. The molecule has 156 valence electrons. The van der Waals surface area contributed by atoms with Gasteiger partial charge < -0.3 is 5.32 Å². The van der Waals surface area contributed by atoms with Gasteiger partial charge in [-0.1, -0.05) is 31.2 Å². The van der Waals surface area contributed by atoms with Crippen molar-refractivity contribution in [2.24, 2.45) is 0 Å². The molecule has 0 aliphatic carbocycles. The molecule has 1 aromatic heterocycles. The number of aryl methyl sites for hydroxylation is 1. The lowest BCUT2D eigenvalue weighted by atomic mass is 9.84. The highest BCUT2D eigenvalue weighted by Gasteiger charge is 2.41. The number of halogens is 2. The highest BCUT2D eigenvalue weighted by molar-refractivity contribution is 5.83. The first-order valence-electron chi connectivity index (χ1n) is 9.77. The van der Waals surface area contributed by atoms with Crippen molar-refractivity contribution in [2.75, 3.05) is 0 Å². The van der Waals surface area contributed by atoms with Gasteiger partial charge in [-0.05, 0) is 49.6 Å². The van der Waals surface area contributed by atoms with E-state index in [0.29, 0.717) is 12.5 Å². The quantitative estimate of drug-likeness (QED) is 0.655. The molecule has 3 rings (SSSR count). The molecule has 0 aliphatic rings. The summed E-state index contributed by atoms with van der Waals surface area (Å²) in [5.74, 6) is -4.83. The van der Waals surface area contributed by atoms with Crippen LogP contribution in [0, 0.1) is 11.3 Å². The van der Waals surface area contributed by atoms with Crippen LogP contribution in [-0.4, -0.2) is 27.7 Å². The number of hydrogen-bond acceptors (Lipinski definition) is 3. The normalized spacial score (nSPS) is 14.7. The lowest BCUT2D eigenvalue weighted by Gasteiger charge is -2.38. The molecule has 0 bridgehead atoms. The van der Waals surface area contributed by atoms with Crippen LogP contribution in [0.25, 0.3) is 10.9 Å². The Balaban J connectivity index is 2.16. The summed E-state index contributed by atoms with van der Waals surface area (Å²) in [6, 6.07) is 14.4. The predicted octanol–water partition coefficient (Wildman–Crippen LogP) is 4.39. The zero-order valence-corrected chi connectivity index (χ0v) is 17.4. The molecule has 1 N–H and O–H groups in total. The molecule has 0 fully saturated rings. The molecule has 0 saturated carbocycles. The summed E-state index contributed by atoms with van der Waals surface area (Å²) >= 11 is 0. The second kappa shape index (κ2) is 7.86. The smallest absolute Gasteiger partial charge is 0.321 e. The summed E-state index contributed by atoms with van der Waals surface area (Å²) in [5.41, 5.74) is 2.25. The number of nitriles is 1. The predicted molar refractivity (Wildman–Crippen MR) is 111 cm³/mol. The van der Waals surface area contributed by atoms with Crippen molar-refractivity contribution >= 4 is 16.8 Å². The van der Waals surface area contributed by atoms with E-state index in [-0.39, 0.29) is 0 Å². The van der Waals surface area contributed by atoms with E-state index in [2.05, 4.69) is 16.5 Å². The number of hydrogen-bond donors (Lipinski definition) is 1. The standard InChI is InChI=1S/C23H24F2N4O/c1-5-16-6-9-19(10-7-16)22(3,15(2)28-21(30)23(4,24)25)29-20-11-8-17(13-26)12-18(20)14-27-29/h6-12,14-15H,5H2,1-4H3,(H,28,30)/t15-,22+/m0/s1. The van der Waals surface area contributed by atoms with Gasteiger partial charge in [0.2, 0.25) is 0 Å². The van der Waals surface area contributed by atoms with Gasteiger partial charge in [0, 0.05) is 12.3 Å². The minimum atomic E-state index is -3.49. The third-order valence-electron chi connectivity index (χ3n) is 5.67. The lowest BCUT2D eigenvalue weighted by Crippen LogP contribution is -2.54. The van der Waals surface area contributed by atoms with Gasteiger partial charge in [-0.2, -0.15) is 19.1 Å². The van der Waals surface area contributed by atoms with Crippen molar-refractivity contribution in [1.82, 2.24) is 15.1 Å². The minimum absolute atomic E-state index is 0.503. The first-order chi connectivity index (χ1) is 14.1. The molecular weight excluding hydrogens is 386 g/mol. The molecule has 3 aromatic rings. The number of carbonyl (C=O) groups excluding carboxylic acids is 1. The molecule has 0 saturated heterocycles. The molecule has 0 unspecified atom stereocenters. The van der Waals surface area contributed by atoms with Gasteiger partial charge in [-0.3, -0.25) is 9.48 Å². The number of nitrogens with one attached hydrogen (secondary N) is 1. The van der Waals surface area contributed by atoms with E-state index in [1.165, 1.54) is 0 Å². The molecule has 0 radical (unpaired) electrons. The fourth-order valence-electron chi connectivity index (χ4n) is 3.57. The average molecular weight is 410 g/mol. The number of carbonyl (C=O) groups is 1. The Morgan fingerprint density at radius 3 is 2.47 bits per heavy atom. The van der Waals surface area contributed by atoms with Crippen LogP contribution >= 0.6 is 0 Å². The molecule has 2 atom stereocenters. The number of benzene rings is 2. The van der Waals surface area contributed by atoms with E-state index >= 15 is 0 Å². The zero-order valence-electron chi connectivity index (χ0n) is 17.4. The fourth-order valence-corrected chi connectivity index (χ4v) is 3.57. The topological polar surface area (TPSA) is 70.7 Å². The van der Waals surface area contributed by atoms with E-state index in [0.717, 1.165) is 28.5 Å². The van der Waals surface area contributed by atoms with E-state index in [1.807, 2.05) is 38.1 Å². The molecule has 0 aliphatic heterocycles. The van der Waals surface area contributed by atoms with Crippen LogP contribution in [0.2, 0.25) is 0 Å². The summed E-state index contributed by atoms with van der Waals surface area (Å²) in [6.07, 6.45) is 2.50. The van der Waals surface area contributed by atoms with Crippen LogP contribution in [0.5, 0.6) is 0 Å². The van der Waals surface area contributed by atoms with Crippen LogP contribution in [0.3, 0.4) is 0 Å². The Bertz CT molecular complexity index is 1110. The molecule has 7 heteroatoms. The number of fused-ring (bicyclic) bond motifs is 1. The summed E-state index contributed by atoms with van der Waals surface area (Å²) < 4.78 is 28.9. The van der Waals surface area contributed by atoms with Crippen molar-refractivity contribution in [1.29, 1.82) is 5.26 Å². The summed E-state index contributed by atoms with van der Waals surface area (Å²) in [4.78, 5) is 12.0. The van der Waals surface area contributed by atoms with Gasteiger partial charge in [0.1, 0.15) is 5.54 Å². The number of aromatic nitrogens is 2. The second-order valence-electron chi connectivity index (χ2n) is 7.72. The molecule has 30 heavy (non-hydrogen) atoms. The Kier molecular flexibility index (Phi) is 5.62. The van der Waals surface area contributed by atoms with Gasteiger partial charge >= 0.3 is 5.92 Å². The van der Waals surface area contributed by atoms with Crippen molar-refractivity contribution in [3.8, 4) is 6.07 Å². The molecule has 1 amide bonds. The number of nitrogens with zero attached hydrogens (tertiary/aromatic N) is 3. The Morgan fingerprint density at radius 1 is 1.23 bits per heavy atom. The van der Waals surface area contributed by atoms with E-state index in [9.17, 15) is 13.6 Å². The van der Waals surface area contributed by atoms with Crippen LogP contribution in [-0.2, 0) is 16.8 Å². The first kappa shape index (κ1) is 21.4. The minimum Gasteiger partial charge on any atom is -0.346 e.